The molecule has 4 nitrogen and oxygen atoms in total. The molecular weight excluding hydrogens is 328 g/mol. The van der Waals surface area contributed by atoms with Crippen molar-refractivity contribution < 1.29 is 19.4 Å². The molecule has 0 saturated heterocycles. The largest absolute Gasteiger partial charge is 0.389 e. The lowest BCUT2D eigenvalue weighted by Crippen LogP contribution is -2.65. The van der Waals surface area contributed by atoms with Gasteiger partial charge in [-0.15, -0.1) is 0 Å². The highest BCUT2D eigenvalue weighted by molar-refractivity contribution is 5.88. The second kappa shape index (κ2) is 5.55. The maximum atomic E-state index is 12.6. The molecule has 0 spiro atoms. The lowest BCUT2D eigenvalue weighted by molar-refractivity contribution is -0.291. The Bertz CT molecular complexity index is 613. The first-order valence-corrected chi connectivity index (χ1v) is 10.5. The van der Waals surface area contributed by atoms with Gasteiger partial charge in [0, 0.05) is 33.5 Å². The Morgan fingerprint density at radius 1 is 0.923 bits per heavy atom. The molecule has 1 N–H and O–H groups in total. The van der Waals surface area contributed by atoms with E-state index in [1.165, 1.54) is 0 Å². The van der Waals surface area contributed by atoms with E-state index in [4.69, 9.17) is 9.47 Å². The number of aliphatic hydroxyl groups is 1. The minimum Gasteiger partial charge on any atom is -0.389 e. The van der Waals surface area contributed by atoms with E-state index in [1.54, 1.807) is 14.2 Å². The van der Waals surface area contributed by atoms with Gasteiger partial charge in [0.2, 0.25) is 0 Å². The average Bonchev–Trinajstić information content (AvgIpc) is 2.86. The summed E-state index contributed by atoms with van der Waals surface area (Å²) in [6.07, 6.45) is 8.10. The number of methoxy groups -OCH3 is 2. The number of fused-ring (bicyclic) bond motifs is 5. The Balaban J connectivity index is 1.70. The van der Waals surface area contributed by atoms with E-state index in [0.717, 1.165) is 44.9 Å². The van der Waals surface area contributed by atoms with Gasteiger partial charge in [0.25, 0.3) is 0 Å². The van der Waals surface area contributed by atoms with E-state index in [1.807, 2.05) is 6.92 Å². The van der Waals surface area contributed by atoms with Crippen LogP contribution in [-0.2, 0) is 14.3 Å². The highest BCUT2D eigenvalue weighted by atomic mass is 16.7. The van der Waals surface area contributed by atoms with Gasteiger partial charge in [0.1, 0.15) is 5.78 Å². The van der Waals surface area contributed by atoms with Gasteiger partial charge in [0.15, 0.2) is 5.79 Å². The van der Waals surface area contributed by atoms with Crippen LogP contribution >= 0.6 is 0 Å². The van der Waals surface area contributed by atoms with Gasteiger partial charge in [-0.3, -0.25) is 4.79 Å². The number of carbonyl (C=O) groups excluding carboxylic acids is 1. The standard InChI is InChI=1S/C22H36O4/c1-18-9-6-16-15(7-10-20(3)17(23)8-11-22(16,20)24)19(18,2)12-13-21(14-18,25-4)26-5/h15-16,24H,6-14H2,1-5H3/t15-,16-,18+,19+,20+,22-/m1/s1. The smallest absolute Gasteiger partial charge is 0.168 e. The highest BCUT2D eigenvalue weighted by Gasteiger charge is 2.70. The monoisotopic (exact) mass is 364 g/mol. The van der Waals surface area contributed by atoms with Crippen molar-refractivity contribution >= 4 is 5.78 Å². The average molecular weight is 365 g/mol. The first-order valence-electron chi connectivity index (χ1n) is 10.5. The van der Waals surface area contributed by atoms with E-state index in [0.29, 0.717) is 24.5 Å². The van der Waals surface area contributed by atoms with E-state index < -0.39 is 16.8 Å². The predicted molar refractivity (Wildman–Crippen MR) is 99.6 cm³/mol. The topological polar surface area (TPSA) is 55.8 Å². The van der Waals surface area contributed by atoms with Crippen LogP contribution in [0, 0.1) is 28.1 Å². The quantitative estimate of drug-likeness (QED) is 0.750. The molecular formula is C22H36O4. The second-order valence-electron chi connectivity index (χ2n) is 10.4. The summed E-state index contributed by atoms with van der Waals surface area (Å²) in [5.41, 5.74) is -1.01. The third kappa shape index (κ3) is 2.04. The molecule has 4 saturated carbocycles. The number of rotatable bonds is 2. The number of hydrogen-bond donors (Lipinski definition) is 1. The Morgan fingerprint density at radius 3 is 2.23 bits per heavy atom. The molecule has 6 atom stereocenters. The van der Waals surface area contributed by atoms with Gasteiger partial charge >= 0.3 is 0 Å². The zero-order valence-electron chi connectivity index (χ0n) is 17.2. The number of hydrogen-bond acceptors (Lipinski definition) is 4. The van der Waals surface area contributed by atoms with Crippen LogP contribution in [0.4, 0.5) is 0 Å². The summed E-state index contributed by atoms with van der Waals surface area (Å²) >= 11 is 0. The lowest BCUT2D eigenvalue weighted by Gasteiger charge is -2.67. The fourth-order valence-corrected chi connectivity index (χ4v) is 7.78. The molecule has 0 aliphatic heterocycles. The van der Waals surface area contributed by atoms with Gasteiger partial charge in [-0.05, 0) is 68.1 Å². The summed E-state index contributed by atoms with van der Waals surface area (Å²) in [6.45, 7) is 6.89. The molecule has 4 aliphatic carbocycles. The zero-order chi connectivity index (χ0) is 19.0. The Morgan fingerprint density at radius 2 is 1.58 bits per heavy atom. The maximum Gasteiger partial charge on any atom is 0.168 e. The van der Waals surface area contributed by atoms with Crippen LogP contribution in [0.5, 0.6) is 0 Å². The second-order valence-corrected chi connectivity index (χ2v) is 10.4. The van der Waals surface area contributed by atoms with Crippen molar-refractivity contribution in [3.8, 4) is 0 Å². The fraction of sp³-hybridized carbons (Fsp3) is 0.955. The van der Waals surface area contributed by atoms with Crippen molar-refractivity contribution in [3.63, 3.8) is 0 Å². The minimum atomic E-state index is -0.797. The van der Waals surface area contributed by atoms with Gasteiger partial charge in [-0.25, -0.2) is 0 Å². The molecule has 4 rings (SSSR count). The van der Waals surface area contributed by atoms with Gasteiger partial charge in [0.05, 0.1) is 11.0 Å². The first kappa shape index (κ1) is 18.9. The van der Waals surface area contributed by atoms with Crippen LogP contribution < -0.4 is 0 Å². The summed E-state index contributed by atoms with van der Waals surface area (Å²) in [7, 11) is 3.53. The molecule has 148 valence electrons. The van der Waals surface area contributed by atoms with Gasteiger partial charge in [-0.2, -0.15) is 0 Å². The summed E-state index contributed by atoms with van der Waals surface area (Å²) < 4.78 is 11.7. The number of carbonyl (C=O) groups is 1. The summed E-state index contributed by atoms with van der Waals surface area (Å²) in [6, 6.07) is 0. The van der Waals surface area contributed by atoms with Crippen molar-refractivity contribution in [3.05, 3.63) is 0 Å². The van der Waals surface area contributed by atoms with E-state index in [9.17, 15) is 9.90 Å². The third-order valence-corrected chi connectivity index (χ3v) is 9.99. The van der Waals surface area contributed by atoms with E-state index >= 15 is 0 Å². The Hall–Kier alpha value is -0.450. The summed E-state index contributed by atoms with van der Waals surface area (Å²) in [5.74, 6) is 0.559. The molecule has 26 heavy (non-hydrogen) atoms. The normalized spacial score (nSPS) is 52.9. The third-order valence-electron chi connectivity index (χ3n) is 9.99. The molecule has 0 radical (unpaired) electrons. The molecule has 4 fully saturated rings. The summed E-state index contributed by atoms with van der Waals surface area (Å²) in [4.78, 5) is 12.6. The molecule has 0 bridgehead atoms. The first-order chi connectivity index (χ1) is 12.1. The van der Waals surface area contributed by atoms with Crippen molar-refractivity contribution in [2.24, 2.45) is 28.1 Å². The van der Waals surface area contributed by atoms with Crippen molar-refractivity contribution in [2.45, 2.75) is 89.9 Å². The van der Waals surface area contributed by atoms with Crippen LogP contribution in [0.2, 0.25) is 0 Å². The Labute approximate surface area is 158 Å². The van der Waals surface area contributed by atoms with Gasteiger partial charge in [-0.1, -0.05) is 13.8 Å². The molecule has 0 aromatic carbocycles. The number of Topliss-reactive ketones (excluding diaryl/α,β-unsaturated/α-hetero) is 1. The van der Waals surface area contributed by atoms with Crippen molar-refractivity contribution in [1.82, 2.24) is 0 Å². The van der Waals surface area contributed by atoms with Crippen LogP contribution in [0.1, 0.15) is 78.6 Å². The number of ketones is 1. The molecule has 4 heteroatoms. The zero-order valence-corrected chi connectivity index (χ0v) is 17.2. The fourth-order valence-electron chi connectivity index (χ4n) is 7.78. The molecule has 0 unspecified atom stereocenters. The van der Waals surface area contributed by atoms with Crippen molar-refractivity contribution in [2.75, 3.05) is 14.2 Å². The molecule has 4 aliphatic rings. The van der Waals surface area contributed by atoms with Gasteiger partial charge < -0.3 is 14.6 Å². The predicted octanol–water partition coefficient (Wildman–Crippen LogP) is 4.09. The lowest BCUT2D eigenvalue weighted by atomic mass is 9.39. The molecule has 0 amide bonds. The molecule has 0 heterocycles. The van der Waals surface area contributed by atoms with Crippen LogP contribution in [0.3, 0.4) is 0 Å². The molecule has 0 aromatic heterocycles. The highest BCUT2D eigenvalue weighted by Crippen LogP contribution is 2.71. The van der Waals surface area contributed by atoms with Crippen LogP contribution in [0.15, 0.2) is 0 Å². The van der Waals surface area contributed by atoms with E-state index in [-0.39, 0.29) is 16.7 Å². The van der Waals surface area contributed by atoms with Crippen LogP contribution in [-0.4, -0.2) is 36.5 Å². The maximum absolute atomic E-state index is 12.6. The number of ether oxygens (including phenoxy) is 2. The minimum absolute atomic E-state index is 0.144. The molecule has 0 aromatic rings. The summed E-state index contributed by atoms with van der Waals surface area (Å²) in [5, 5.41) is 11.7. The SMILES string of the molecule is COC1(OC)CC[C@@]2(C)[C@@H]3CC[C@@]4(C)C(=O)CC[C@@]4(O)[C@@H]3CC[C@@]2(C)C1. The van der Waals surface area contributed by atoms with Crippen LogP contribution in [0.25, 0.3) is 0 Å². The Kier molecular flexibility index (Phi) is 4.03. The van der Waals surface area contributed by atoms with Crippen molar-refractivity contribution in [1.29, 1.82) is 0 Å². The van der Waals surface area contributed by atoms with E-state index in [2.05, 4.69) is 13.8 Å².